The minimum Gasteiger partial charge on any atom is -0.457 e. The number of aromatic nitrogens is 1. The molecule has 27 heavy (non-hydrogen) atoms. The second-order valence-corrected chi connectivity index (χ2v) is 6.64. The molecule has 1 aliphatic heterocycles. The van der Waals surface area contributed by atoms with Crippen molar-refractivity contribution >= 4 is 28.6 Å². The monoisotopic (exact) mass is 367 g/mol. The molecule has 2 aromatic heterocycles. The van der Waals surface area contributed by atoms with Crippen molar-refractivity contribution in [2.45, 2.75) is 19.8 Å². The summed E-state index contributed by atoms with van der Waals surface area (Å²) < 4.78 is 19.5. The number of fused-ring (bicyclic) bond motifs is 1. The maximum atomic E-state index is 13.8. The molecular weight excluding hydrogens is 349 g/mol. The van der Waals surface area contributed by atoms with E-state index in [0.717, 1.165) is 18.5 Å². The third kappa shape index (κ3) is 3.40. The lowest BCUT2D eigenvalue weighted by Gasteiger charge is -2.29. The third-order valence-corrected chi connectivity index (χ3v) is 4.77. The normalized spacial score (nSPS) is 14.6. The van der Waals surface area contributed by atoms with Crippen LogP contribution < -0.4 is 4.90 Å². The number of furan rings is 1. The van der Waals surface area contributed by atoms with Crippen LogP contribution in [0.25, 0.3) is 17.0 Å². The number of aryl methyl sites for hydroxylation is 1. The van der Waals surface area contributed by atoms with E-state index in [4.69, 9.17) is 4.42 Å². The van der Waals surface area contributed by atoms with Crippen molar-refractivity contribution in [3.63, 3.8) is 0 Å². The number of benzene rings is 1. The molecule has 0 radical (unpaired) electrons. The van der Waals surface area contributed by atoms with Gasteiger partial charge in [0.1, 0.15) is 17.2 Å². The standard InChI is InChI=1S/C20H18FN3O3/c1-13-5-6-18(24(25)26)20(22-13)23-9-7-14(8-10-23)11-15-12-16-17(21)3-2-4-19(16)27-15/h2-6,11-12H,7-10H2,1H3. The summed E-state index contributed by atoms with van der Waals surface area (Å²) in [5.41, 5.74) is 2.47. The third-order valence-electron chi connectivity index (χ3n) is 4.77. The van der Waals surface area contributed by atoms with Gasteiger partial charge in [-0.25, -0.2) is 9.37 Å². The Balaban J connectivity index is 1.53. The van der Waals surface area contributed by atoms with Crippen molar-refractivity contribution in [3.05, 3.63) is 69.4 Å². The first-order valence-electron chi connectivity index (χ1n) is 8.76. The quantitative estimate of drug-likeness (QED) is 0.488. The molecule has 3 aromatic rings. The first-order chi connectivity index (χ1) is 13.0. The van der Waals surface area contributed by atoms with Crippen molar-refractivity contribution in [1.82, 2.24) is 4.98 Å². The number of nitrogens with zero attached hydrogens (tertiary/aromatic N) is 3. The highest BCUT2D eigenvalue weighted by molar-refractivity contribution is 5.80. The van der Waals surface area contributed by atoms with Crippen molar-refractivity contribution in [1.29, 1.82) is 0 Å². The molecule has 1 fully saturated rings. The van der Waals surface area contributed by atoms with Gasteiger partial charge in [0, 0.05) is 24.8 Å². The van der Waals surface area contributed by atoms with Gasteiger partial charge in [-0.2, -0.15) is 0 Å². The van der Waals surface area contributed by atoms with E-state index in [1.165, 1.54) is 17.7 Å². The average Bonchev–Trinajstić information content (AvgIpc) is 3.06. The second kappa shape index (κ2) is 6.83. The Morgan fingerprint density at radius 2 is 2.04 bits per heavy atom. The molecule has 4 rings (SSSR count). The summed E-state index contributed by atoms with van der Waals surface area (Å²) in [6, 6.07) is 9.64. The van der Waals surface area contributed by atoms with Crippen LogP contribution in [0.5, 0.6) is 0 Å². The van der Waals surface area contributed by atoms with Gasteiger partial charge >= 0.3 is 5.69 Å². The SMILES string of the molecule is Cc1ccc([N+](=O)[O-])c(N2CCC(=Cc3cc4c(F)cccc4o3)CC2)n1. The molecule has 1 aromatic carbocycles. The molecule has 0 aliphatic carbocycles. The van der Waals surface area contributed by atoms with Gasteiger partial charge in [0.05, 0.1) is 10.3 Å². The molecule has 0 spiro atoms. The van der Waals surface area contributed by atoms with E-state index in [1.807, 2.05) is 17.9 Å². The Morgan fingerprint density at radius 1 is 1.26 bits per heavy atom. The summed E-state index contributed by atoms with van der Waals surface area (Å²) >= 11 is 0. The molecule has 0 amide bonds. The zero-order chi connectivity index (χ0) is 19.0. The van der Waals surface area contributed by atoms with Crippen LogP contribution in [-0.2, 0) is 0 Å². The Hall–Kier alpha value is -3.22. The van der Waals surface area contributed by atoms with E-state index in [2.05, 4.69) is 4.98 Å². The van der Waals surface area contributed by atoms with Crippen LogP contribution in [0.3, 0.4) is 0 Å². The van der Waals surface area contributed by atoms with Gasteiger partial charge in [0.15, 0.2) is 0 Å². The highest BCUT2D eigenvalue weighted by atomic mass is 19.1. The highest BCUT2D eigenvalue weighted by Crippen LogP contribution is 2.31. The van der Waals surface area contributed by atoms with Gasteiger partial charge < -0.3 is 9.32 Å². The maximum absolute atomic E-state index is 13.8. The lowest BCUT2D eigenvalue weighted by Crippen LogP contribution is -2.31. The average molecular weight is 367 g/mol. The van der Waals surface area contributed by atoms with E-state index in [1.54, 1.807) is 24.3 Å². The molecule has 0 atom stereocenters. The molecule has 0 N–H and O–H groups in total. The fraction of sp³-hybridized carbons (Fsp3) is 0.250. The number of halogens is 1. The van der Waals surface area contributed by atoms with Crippen molar-refractivity contribution < 1.29 is 13.7 Å². The van der Waals surface area contributed by atoms with Crippen LogP contribution in [0.2, 0.25) is 0 Å². The van der Waals surface area contributed by atoms with Gasteiger partial charge in [-0.05, 0) is 50.1 Å². The first-order valence-corrected chi connectivity index (χ1v) is 8.76. The molecule has 138 valence electrons. The number of hydrogen-bond donors (Lipinski definition) is 0. The summed E-state index contributed by atoms with van der Waals surface area (Å²) in [5.74, 6) is 0.747. The molecule has 0 unspecified atom stereocenters. The number of piperidine rings is 1. The molecular formula is C20H18FN3O3. The summed E-state index contributed by atoms with van der Waals surface area (Å²) in [7, 11) is 0. The van der Waals surface area contributed by atoms with Crippen LogP contribution in [0.1, 0.15) is 24.3 Å². The van der Waals surface area contributed by atoms with E-state index in [9.17, 15) is 14.5 Å². The number of anilines is 1. The van der Waals surface area contributed by atoms with Crippen LogP contribution in [0, 0.1) is 22.9 Å². The Kier molecular flexibility index (Phi) is 4.35. The molecule has 0 bridgehead atoms. The summed E-state index contributed by atoms with van der Waals surface area (Å²) in [5, 5.41) is 11.8. The summed E-state index contributed by atoms with van der Waals surface area (Å²) in [4.78, 5) is 17.2. The predicted octanol–water partition coefficient (Wildman–Crippen LogP) is 4.87. The molecule has 1 saturated heterocycles. The first kappa shape index (κ1) is 17.2. The smallest absolute Gasteiger partial charge is 0.311 e. The Labute approximate surface area is 155 Å². The second-order valence-electron chi connectivity index (χ2n) is 6.64. The summed E-state index contributed by atoms with van der Waals surface area (Å²) in [6.07, 6.45) is 3.42. The van der Waals surface area contributed by atoms with Crippen LogP contribution in [0.15, 0.2) is 46.4 Å². The van der Waals surface area contributed by atoms with Crippen LogP contribution in [0.4, 0.5) is 15.9 Å². The zero-order valence-electron chi connectivity index (χ0n) is 14.8. The van der Waals surface area contributed by atoms with Crippen LogP contribution in [-0.4, -0.2) is 23.0 Å². The van der Waals surface area contributed by atoms with Crippen molar-refractivity contribution in [2.24, 2.45) is 0 Å². The van der Waals surface area contributed by atoms with Gasteiger partial charge in [0.2, 0.25) is 5.82 Å². The van der Waals surface area contributed by atoms with Gasteiger partial charge in [0.25, 0.3) is 0 Å². The van der Waals surface area contributed by atoms with E-state index < -0.39 is 4.92 Å². The number of rotatable bonds is 3. The van der Waals surface area contributed by atoms with Crippen LogP contribution >= 0.6 is 0 Å². The molecule has 1 aliphatic rings. The van der Waals surface area contributed by atoms with Crippen molar-refractivity contribution in [2.75, 3.05) is 18.0 Å². The fourth-order valence-electron chi connectivity index (χ4n) is 3.38. The lowest BCUT2D eigenvalue weighted by atomic mass is 10.0. The van der Waals surface area contributed by atoms with Gasteiger partial charge in [-0.3, -0.25) is 10.1 Å². The minimum absolute atomic E-state index is 0.0285. The molecule has 3 heterocycles. The largest absolute Gasteiger partial charge is 0.457 e. The lowest BCUT2D eigenvalue weighted by molar-refractivity contribution is -0.384. The van der Waals surface area contributed by atoms with E-state index >= 15 is 0 Å². The number of nitro groups is 1. The van der Waals surface area contributed by atoms with E-state index in [-0.39, 0.29) is 11.5 Å². The molecule has 6 nitrogen and oxygen atoms in total. The van der Waals surface area contributed by atoms with Gasteiger partial charge in [-0.1, -0.05) is 11.6 Å². The van der Waals surface area contributed by atoms with Crippen molar-refractivity contribution in [3.8, 4) is 0 Å². The van der Waals surface area contributed by atoms with Gasteiger partial charge in [-0.15, -0.1) is 0 Å². The predicted molar refractivity (Wildman–Crippen MR) is 101 cm³/mol. The number of hydrogen-bond acceptors (Lipinski definition) is 5. The zero-order valence-corrected chi connectivity index (χ0v) is 14.8. The molecule has 7 heteroatoms. The topological polar surface area (TPSA) is 72.4 Å². The maximum Gasteiger partial charge on any atom is 0.311 e. The fourth-order valence-corrected chi connectivity index (χ4v) is 3.38. The van der Waals surface area contributed by atoms with E-state index in [0.29, 0.717) is 35.6 Å². The summed E-state index contributed by atoms with van der Waals surface area (Å²) in [6.45, 7) is 3.10. The molecule has 0 saturated carbocycles. The highest BCUT2D eigenvalue weighted by Gasteiger charge is 2.24. The Morgan fingerprint density at radius 3 is 2.74 bits per heavy atom. The number of pyridine rings is 1. The Bertz CT molecular complexity index is 1050. The minimum atomic E-state index is -0.393.